The fraction of sp³-hybridized carbons (Fsp3) is 0.652. The van der Waals surface area contributed by atoms with Gasteiger partial charge in [0.1, 0.15) is 5.82 Å². The van der Waals surface area contributed by atoms with Gasteiger partial charge in [0.25, 0.3) is 0 Å². The number of ether oxygens (including phenoxy) is 1. The molecular weight excluding hydrogens is 394 g/mol. The number of nitrogens with zero attached hydrogens (tertiary/aromatic N) is 4. The number of hydrogen-bond donors (Lipinski definition) is 2. The van der Waals surface area contributed by atoms with E-state index in [1.165, 1.54) is 15.8 Å². The van der Waals surface area contributed by atoms with Crippen LogP contribution in [0.1, 0.15) is 42.6 Å². The molecule has 1 aromatic carbocycles. The third-order valence-electron chi connectivity index (χ3n) is 7.18. The lowest BCUT2D eigenvalue weighted by atomic mass is 9.99. The molecule has 3 aliphatic rings. The van der Waals surface area contributed by atoms with Crippen LogP contribution >= 0.6 is 0 Å². The number of aryl methyl sites for hydroxylation is 1. The Hall–Kier alpha value is -2.00. The van der Waals surface area contributed by atoms with Gasteiger partial charge in [-0.05, 0) is 43.7 Å². The van der Waals surface area contributed by atoms with Crippen molar-refractivity contribution in [3.63, 3.8) is 0 Å². The van der Waals surface area contributed by atoms with Gasteiger partial charge in [0.05, 0.1) is 31.9 Å². The van der Waals surface area contributed by atoms with E-state index >= 15 is 0 Å². The Bertz CT molecular complexity index is 956. The smallest absolute Gasteiger partial charge is 0.346 e. The van der Waals surface area contributed by atoms with Gasteiger partial charge in [-0.25, -0.2) is 9.48 Å². The fourth-order valence-corrected chi connectivity index (χ4v) is 5.49. The van der Waals surface area contributed by atoms with Crippen molar-refractivity contribution >= 4 is 0 Å². The monoisotopic (exact) mass is 427 g/mol. The summed E-state index contributed by atoms with van der Waals surface area (Å²) in [6.07, 6.45) is 4.02. The Labute approximate surface area is 182 Å². The molecule has 5 rings (SSSR count). The maximum Gasteiger partial charge on any atom is 0.346 e. The lowest BCUT2D eigenvalue weighted by Gasteiger charge is -2.39. The summed E-state index contributed by atoms with van der Waals surface area (Å²) in [7, 11) is 0. The fourth-order valence-electron chi connectivity index (χ4n) is 5.49. The van der Waals surface area contributed by atoms with Gasteiger partial charge in [0.15, 0.2) is 0 Å². The average molecular weight is 428 g/mol. The van der Waals surface area contributed by atoms with E-state index in [-0.39, 0.29) is 18.3 Å². The highest BCUT2D eigenvalue weighted by Crippen LogP contribution is 2.37. The predicted molar refractivity (Wildman–Crippen MR) is 117 cm³/mol. The second kappa shape index (κ2) is 8.86. The first kappa shape index (κ1) is 20.9. The van der Waals surface area contributed by atoms with Crippen molar-refractivity contribution in [2.45, 2.75) is 83.1 Å². The Balaban J connectivity index is 1.16. The third-order valence-corrected chi connectivity index (χ3v) is 7.18. The summed E-state index contributed by atoms with van der Waals surface area (Å²) in [6, 6.07) is 9.30. The second-order valence-corrected chi connectivity index (χ2v) is 9.28. The van der Waals surface area contributed by atoms with Gasteiger partial charge in [0.2, 0.25) is 0 Å². The molecule has 0 aliphatic carbocycles. The number of piperidine rings is 1. The molecule has 0 saturated carbocycles. The summed E-state index contributed by atoms with van der Waals surface area (Å²) in [5.74, 6) is 0.759. The van der Waals surface area contributed by atoms with E-state index in [1.807, 2.05) is 0 Å². The Morgan fingerprint density at radius 1 is 1.23 bits per heavy atom. The minimum Gasteiger partial charge on any atom is -0.390 e. The molecule has 2 saturated heterocycles. The van der Waals surface area contributed by atoms with E-state index in [2.05, 4.69) is 46.5 Å². The van der Waals surface area contributed by atoms with Gasteiger partial charge in [-0.1, -0.05) is 24.3 Å². The van der Waals surface area contributed by atoms with Gasteiger partial charge in [-0.2, -0.15) is 5.10 Å². The topological polar surface area (TPSA) is 84.6 Å². The van der Waals surface area contributed by atoms with Crippen LogP contribution in [0.2, 0.25) is 0 Å². The van der Waals surface area contributed by atoms with Crippen LogP contribution in [-0.2, 0) is 31.0 Å². The van der Waals surface area contributed by atoms with Crippen LogP contribution in [0.4, 0.5) is 0 Å². The number of nitrogens with one attached hydrogen (secondary N) is 1. The molecule has 8 heteroatoms. The average Bonchev–Trinajstić information content (AvgIpc) is 3.19. The first-order chi connectivity index (χ1) is 15.1. The number of benzene rings is 1. The van der Waals surface area contributed by atoms with Crippen LogP contribution in [0.5, 0.6) is 0 Å². The van der Waals surface area contributed by atoms with Crippen LogP contribution in [0.3, 0.4) is 0 Å². The third kappa shape index (κ3) is 4.35. The van der Waals surface area contributed by atoms with Crippen LogP contribution in [0.25, 0.3) is 0 Å². The van der Waals surface area contributed by atoms with Crippen molar-refractivity contribution < 1.29 is 9.84 Å². The highest BCUT2D eigenvalue weighted by atomic mass is 16.5. The molecule has 1 aromatic heterocycles. The molecule has 0 amide bonds. The van der Waals surface area contributed by atoms with Crippen molar-refractivity contribution in [1.82, 2.24) is 24.6 Å². The molecule has 0 spiro atoms. The highest BCUT2D eigenvalue weighted by Gasteiger charge is 2.41. The van der Waals surface area contributed by atoms with E-state index in [0.29, 0.717) is 38.3 Å². The predicted octanol–water partition coefficient (Wildman–Crippen LogP) is 1.03. The molecule has 2 aromatic rings. The summed E-state index contributed by atoms with van der Waals surface area (Å²) in [6.45, 7) is 5.68. The van der Waals surface area contributed by atoms with Crippen LogP contribution in [-0.4, -0.2) is 61.7 Å². The number of aromatic nitrogens is 3. The minimum absolute atomic E-state index is 0.109. The van der Waals surface area contributed by atoms with Gasteiger partial charge < -0.3 is 15.2 Å². The Kier molecular flexibility index (Phi) is 5.97. The summed E-state index contributed by atoms with van der Waals surface area (Å²) in [5.41, 5.74) is 2.43. The molecule has 31 heavy (non-hydrogen) atoms. The normalized spacial score (nSPS) is 26.7. The van der Waals surface area contributed by atoms with Crippen LogP contribution in [0.15, 0.2) is 29.1 Å². The summed E-state index contributed by atoms with van der Waals surface area (Å²) in [5, 5.41) is 18.4. The molecule has 2 fully saturated rings. The Morgan fingerprint density at radius 3 is 2.74 bits per heavy atom. The molecule has 2 N–H and O–H groups in total. The zero-order valence-electron chi connectivity index (χ0n) is 18.2. The molecular formula is C23H33N5O3. The van der Waals surface area contributed by atoms with Crippen molar-refractivity contribution in [3.05, 3.63) is 51.7 Å². The quantitative estimate of drug-likeness (QED) is 0.687. The number of rotatable bonds is 7. The largest absolute Gasteiger partial charge is 0.390 e. The molecule has 8 nitrogen and oxygen atoms in total. The molecule has 4 heterocycles. The minimum atomic E-state index is -0.602. The van der Waals surface area contributed by atoms with E-state index in [0.717, 1.165) is 38.1 Å². The number of aliphatic hydroxyl groups excluding tert-OH is 1. The lowest BCUT2D eigenvalue weighted by molar-refractivity contribution is -0.0403. The molecule has 168 valence electrons. The van der Waals surface area contributed by atoms with E-state index in [9.17, 15) is 9.90 Å². The standard InChI is InChI=1S/C23H33N5O3/c1-16-4-2-3-5-17(16)15-31-21-10-18-6-7-19(11-21)27(18)13-20(29)14-28-23(30)26-9-8-24-12-22(26)25-28/h2-5,18-21,24,29H,6-15H2,1H3. The summed E-state index contributed by atoms with van der Waals surface area (Å²) in [4.78, 5) is 15.0. The van der Waals surface area contributed by atoms with Gasteiger partial charge in [-0.15, -0.1) is 0 Å². The van der Waals surface area contributed by atoms with E-state index in [4.69, 9.17) is 4.74 Å². The van der Waals surface area contributed by atoms with Gasteiger partial charge in [-0.3, -0.25) is 9.47 Å². The maximum absolute atomic E-state index is 12.5. The van der Waals surface area contributed by atoms with E-state index in [1.54, 1.807) is 4.57 Å². The molecule has 3 unspecified atom stereocenters. The summed E-state index contributed by atoms with van der Waals surface area (Å²) < 4.78 is 9.44. The molecule has 2 bridgehead atoms. The molecule has 3 aliphatic heterocycles. The highest BCUT2D eigenvalue weighted by molar-refractivity contribution is 5.24. The van der Waals surface area contributed by atoms with Gasteiger partial charge in [0, 0.05) is 31.7 Å². The summed E-state index contributed by atoms with van der Waals surface area (Å²) >= 11 is 0. The zero-order chi connectivity index (χ0) is 21.4. The number of hydrogen-bond acceptors (Lipinski definition) is 6. The van der Waals surface area contributed by atoms with Crippen molar-refractivity contribution in [2.75, 3.05) is 13.1 Å². The first-order valence-corrected chi connectivity index (χ1v) is 11.6. The van der Waals surface area contributed by atoms with Crippen molar-refractivity contribution in [3.8, 4) is 0 Å². The van der Waals surface area contributed by atoms with Crippen molar-refractivity contribution in [1.29, 1.82) is 0 Å². The van der Waals surface area contributed by atoms with Crippen molar-refractivity contribution in [2.24, 2.45) is 0 Å². The maximum atomic E-state index is 12.5. The number of aliphatic hydroxyl groups is 1. The van der Waals surface area contributed by atoms with Crippen LogP contribution in [0, 0.1) is 6.92 Å². The number of fused-ring (bicyclic) bond motifs is 3. The second-order valence-electron chi connectivity index (χ2n) is 9.28. The Morgan fingerprint density at radius 2 is 2.00 bits per heavy atom. The lowest BCUT2D eigenvalue weighted by Crippen LogP contribution is -2.49. The molecule has 0 radical (unpaired) electrons. The first-order valence-electron chi connectivity index (χ1n) is 11.6. The molecule has 3 atom stereocenters. The van der Waals surface area contributed by atoms with Gasteiger partial charge >= 0.3 is 5.69 Å². The van der Waals surface area contributed by atoms with Crippen LogP contribution < -0.4 is 11.0 Å². The van der Waals surface area contributed by atoms with E-state index < -0.39 is 6.10 Å². The SMILES string of the molecule is Cc1ccccc1COC1CC2CCC(C1)N2CC(O)Cn1nc2n(c1=O)CCNC2. The zero-order valence-corrected chi connectivity index (χ0v) is 18.2.